The maximum Gasteiger partial charge on any atom is 0.324 e. The van der Waals surface area contributed by atoms with Crippen LogP contribution in [0.5, 0.6) is 17.2 Å². The van der Waals surface area contributed by atoms with E-state index in [9.17, 15) is 18.0 Å². The molecule has 0 aliphatic carbocycles. The number of ketones is 1. The van der Waals surface area contributed by atoms with Crippen molar-refractivity contribution in [3.05, 3.63) is 48.0 Å². The highest BCUT2D eigenvalue weighted by Crippen LogP contribution is 2.27. The van der Waals surface area contributed by atoms with Crippen LogP contribution in [-0.4, -0.2) is 54.1 Å². The quantitative estimate of drug-likeness (QED) is 0.442. The van der Waals surface area contributed by atoms with E-state index >= 15 is 0 Å². The number of esters is 1. The maximum absolute atomic E-state index is 12.4. The van der Waals surface area contributed by atoms with Crippen molar-refractivity contribution >= 4 is 21.8 Å². The molecule has 0 amide bonds. The summed E-state index contributed by atoms with van der Waals surface area (Å²) in [5, 5.41) is 0. The predicted octanol–water partition coefficient (Wildman–Crippen LogP) is 1.81. The van der Waals surface area contributed by atoms with Crippen LogP contribution in [0, 0.1) is 0 Å². The molecule has 30 heavy (non-hydrogen) atoms. The summed E-state index contributed by atoms with van der Waals surface area (Å²) in [6.45, 7) is 0.771. The van der Waals surface area contributed by atoms with Gasteiger partial charge in [-0.3, -0.25) is 9.59 Å². The zero-order valence-corrected chi connectivity index (χ0v) is 17.8. The lowest BCUT2D eigenvalue weighted by Gasteiger charge is -2.14. The summed E-state index contributed by atoms with van der Waals surface area (Å²) in [5.41, 5.74) is 0.256. The monoisotopic (exact) mass is 437 g/mol. The van der Waals surface area contributed by atoms with Gasteiger partial charge in [0.1, 0.15) is 11.8 Å². The van der Waals surface area contributed by atoms with E-state index in [1.54, 1.807) is 6.07 Å². The molecule has 0 radical (unpaired) electrons. The average Bonchev–Trinajstić information content (AvgIpc) is 2.76. The third-order valence-corrected chi connectivity index (χ3v) is 5.66. The number of rotatable bonds is 10. The minimum absolute atomic E-state index is 0.0376. The number of carbonyl (C=O) groups excluding carboxylic acids is 2. The molecule has 0 unspecified atom stereocenters. The highest BCUT2D eigenvalue weighted by atomic mass is 32.2. The van der Waals surface area contributed by atoms with Gasteiger partial charge in [0, 0.05) is 5.56 Å². The summed E-state index contributed by atoms with van der Waals surface area (Å²) in [7, 11) is 0.404. The van der Waals surface area contributed by atoms with Crippen LogP contribution in [-0.2, 0) is 19.6 Å². The van der Waals surface area contributed by atoms with Gasteiger partial charge in [0.25, 0.3) is 0 Å². The molecule has 10 heteroatoms. The molecule has 0 spiro atoms. The highest BCUT2D eigenvalue weighted by Gasteiger charge is 2.24. The number of ether oxygens (including phenoxy) is 4. The van der Waals surface area contributed by atoms with E-state index < -0.39 is 34.4 Å². The van der Waals surface area contributed by atoms with E-state index in [0.717, 1.165) is 0 Å². The van der Waals surface area contributed by atoms with Gasteiger partial charge in [-0.05, 0) is 49.4 Å². The molecular weight excluding hydrogens is 414 g/mol. The van der Waals surface area contributed by atoms with Crippen molar-refractivity contribution in [2.75, 3.05) is 27.9 Å². The lowest BCUT2D eigenvalue weighted by atomic mass is 10.1. The molecule has 0 fully saturated rings. The lowest BCUT2D eigenvalue weighted by Crippen LogP contribution is -2.40. The van der Waals surface area contributed by atoms with Crippen molar-refractivity contribution in [1.29, 1.82) is 0 Å². The van der Waals surface area contributed by atoms with Gasteiger partial charge in [-0.2, -0.15) is 4.72 Å². The topological polar surface area (TPSA) is 117 Å². The van der Waals surface area contributed by atoms with Gasteiger partial charge in [0.2, 0.25) is 10.0 Å². The fourth-order valence-electron chi connectivity index (χ4n) is 2.46. The zero-order chi connectivity index (χ0) is 22.3. The first-order valence-corrected chi connectivity index (χ1v) is 10.3. The molecule has 0 saturated carbocycles. The number of carbonyl (C=O) groups is 2. The van der Waals surface area contributed by atoms with Gasteiger partial charge in [-0.1, -0.05) is 0 Å². The molecule has 0 aliphatic rings. The average molecular weight is 437 g/mol. The Morgan fingerprint density at radius 2 is 1.57 bits per heavy atom. The molecule has 0 bridgehead atoms. The molecule has 2 rings (SSSR count). The summed E-state index contributed by atoms with van der Waals surface area (Å²) >= 11 is 0. The van der Waals surface area contributed by atoms with Crippen molar-refractivity contribution in [2.24, 2.45) is 0 Å². The number of Topliss-reactive ketones (excluding diaryl/α,β-unsaturated/α-hetero) is 1. The number of nitrogens with one attached hydrogen (secondary N) is 1. The van der Waals surface area contributed by atoms with Crippen molar-refractivity contribution in [1.82, 2.24) is 4.72 Å². The minimum atomic E-state index is -3.96. The molecule has 162 valence electrons. The zero-order valence-electron chi connectivity index (χ0n) is 17.0. The Balaban J connectivity index is 1.97. The Labute approximate surface area is 174 Å². The molecule has 0 heterocycles. The van der Waals surface area contributed by atoms with Gasteiger partial charge in [-0.25, -0.2) is 8.42 Å². The number of hydrogen-bond acceptors (Lipinski definition) is 8. The van der Waals surface area contributed by atoms with Crippen LogP contribution in [0.2, 0.25) is 0 Å². The van der Waals surface area contributed by atoms with Crippen LogP contribution >= 0.6 is 0 Å². The third-order valence-electron chi connectivity index (χ3n) is 4.11. The number of methoxy groups -OCH3 is 3. The lowest BCUT2D eigenvalue weighted by molar-refractivity contribution is -0.144. The van der Waals surface area contributed by atoms with Crippen LogP contribution in [0.25, 0.3) is 0 Å². The molecule has 0 aromatic heterocycles. The number of benzene rings is 2. The Bertz CT molecular complexity index is 1000. The van der Waals surface area contributed by atoms with Crippen molar-refractivity contribution < 1.29 is 37.0 Å². The normalized spacial score (nSPS) is 12.0. The number of sulfonamides is 1. The third kappa shape index (κ3) is 5.71. The first kappa shape index (κ1) is 23.2. The van der Waals surface area contributed by atoms with E-state index in [4.69, 9.17) is 18.9 Å². The predicted molar refractivity (Wildman–Crippen MR) is 108 cm³/mol. The van der Waals surface area contributed by atoms with Crippen molar-refractivity contribution in [2.45, 2.75) is 17.9 Å². The Morgan fingerprint density at radius 3 is 2.13 bits per heavy atom. The van der Waals surface area contributed by atoms with E-state index in [-0.39, 0.29) is 10.5 Å². The second-order valence-electron chi connectivity index (χ2n) is 6.12. The van der Waals surface area contributed by atoms with Crippen LogP contribution in [0.1, 0.15) is 17.3 Å². The first-order valence-electron chi connectivity index (χ1n) is 8.80. The van der Waals surface area contributed by atoms with E-state index in [0.29, 0.717) is 17.2 Å². The molecule has 2 aromatic carbocycles. The van der Waals surface area contributed by atoms with Gasteiger partial charge in [0.05, 0.1) is 26.2 Å². The molecule has 0 saturated heterocycles. The van der Waals surface area contributed by atoms with Crippen LogP contribution in [0.4, 0.5) is 0 Å². The van der Waals surface area contributed by atoms with Crippen LogP contribution in [0.15, 0.2) is 47.4 Å². The molecular formula is C20H23NO8S. The summed E-state index contributed by atoms with van der Waals surface area (Å²) < 4.78 is 47.2. The molecule has 9 nitrogen and oxygen atoms in total. The minimum Gasteiger partial charge on any atom is -0.497 e. The molecule has 0 aliphatic heterocycles. The maximum atomic E-state index is 12.4. The summed E-state index contributed by atoms with van der Waals surface area (Å²) in [5.74, 6) is -0.0617. The van der Waals surface area contributed by atoms with Crippen molar-refractivity contribution in [3.63, 3.8) is 0 Å². The van der Waals surface area contributed by atoms with E-state index in [1.165, 1.54) is 64.7 Å². The Morgan fingerprint density at radius 1 is 0.933 bits per heavy atom. The first-order chi connectivity index (χ1) is 14.2. The number of hydrogen-bond donors (Lipinski definition) is 1. The second kappa shape index (κ2) is 10.1. The van der Waals surface area contributed by atoms with E-state index in [1.807, 2.05) is 0 Å². The molecule has 1 atom stereocenters. The molecule has 2 aromatic rings. The smallest absolute Gasteiger partial charge is 0.324 e. The van der Waals surface area contributed by atoms with Gasteiger partial charge in [0.15, 0.2) is 23.9 Å². The SMILES string of the molecule is COc1ccc(S(=O)(=O)N[C@@H](C)C(=O)OCC(=O)c2ccc(OC)c(OC)c2)cc1. The Hall–Kier alpha value is -3.11. The molecule has 1 N–H and O–H groups in total. The van der Waals surface area contributed by atoms with Gasteiger partial charge in [-0.15, -0.1) is 0 Å². The summed E-state index contributed by atoms with van der Waals surface area (Å²) in [6, 6.07) is 8.99. The standard InChI is InChI=1S/C20H23NO8S/c1-13(21-30(24,25)16-8-6-15(26-2)7-9-16)20(23)29-12-17(22)14-5-10-18(27-3)19(11-14)28-4/h5-11,13,21H,12H2,1-4H3/t13-/m0/s1. The van der Waals surface area contributed by atoms with Gasteiger partial charge < -0.3 is 18.9 Å². The fraction of sp³-hybridized carbons (Fsp3) is 0.300. The van der Waals surface area contributed by atoms with Crippen LogP contribution in [0.3, 0.4) is 0 Å². The van der Waals surface area contributed by atoms with E-state index in [2.05, 4.69) is 4.72 Å². The second-order valence-corrected chi connectivity index (χ2v) is 7.83. The van der Waals surface area contributed by atoms with Crippen LogP contribution < -0.4 is 18.9 Å². The largest absolute Gasteiger partial charge is 0.497 e. The summed E-state index contributed by atoms with van der Waals surface area (Å²) in [4.78, 5) is 24.4. The highest BCUT2D eigenvalue weighted by molar-refractivity contribution is 7.89. The van der Waals surface area contributed by atoms with Gasteiger partial charge >= 0.3 is 5.97 Å². The Kier molecular flexibility index (Phi) is 7.79. The van der Waals surface area contributed by atoms with Crippen molar-refractivity contribution in [3.8, 4) is 17.2 Å². The fourth-order valence-corrected chi connectivity index (χ4v) is 3.65. The summed E-state index contributed by atoms with van der Waals surface area (Å²) in [6.07, 6.45) is 0.